The molecule has 114 valence electrons. The second-order valence-electron chi connectivity index (χ2n) is 4.78. The van der Waals surface area contributed by atoms with Crippen LogP contribution in [0.2, 0.25) is 5.15 Å². The van der Waals surface area contributed by atoms with Crippen LogP contribution >= 0.6 is 11.6 Å². The Labute approximate surface area is 121 Å². The molecule has 1 aliphatic heterocycles. The number of hydrogen-bond acceptors (Lipinski definition) is 5. The van der Waals surface area contributed by atoms with Crippen molar-refractivity contribution in [3.63, 3.8) is 0 Å². The lowest BCUT2D eigenvalue weighted by atomic mass is 10.1. The molecule has 2 atom stereocenters. The van der Waals surface area contributed by atoms with Crippen molar-refractivity contribution in [1.82, 2.24) is 19.5 Å². The fourth-order valence-electron chi connectivity index (χ4n) is 2.35. The average Bonchev–Trinajstić information content (AvgIpc) is 2.93. The van der Waals surface area contributed by atoms with Crippen LogP contribution in [0.5, 0.6) is 0 Å². The van der Waals surface area contributed by atoms with Gasteiger partial charge < -0.3 is 4.74 Å². The Bertz CT molecular complexity index is 677. The summed E-state index contributed by atoms with van der Waals surface area (Å²) in [5, 5.41) is 0.170. The number of imidazole rings is 1. The molecule has 0 spiro atoms. The number of halogens is 4. The van der Waals surface area contributed by atoms with E-state index < -0.39 is 18.4 Å². The molecule has 2 unspecified atom stereocenters. The highest BCUT2D eigenvalue weighted by molar-refractivity contribution is 6.33. The van der Waals surface area contributed by atoms with Gasteiger partial charge in [0.2, 0.25) is 0 Å². The zero-order valence-electron chi connectivity index (χ0n) is 10.8. The first-order chi connectivity index (χ1) is 9.78. The van der Waals surface area contributed by atoms with Crippen molar-refractivity contribution in [1.29, 1.82) is 0 Å². The minimum atomic E-state index is -4.74. The average molecular weight is 323 g/mol. The maximum Gasteiger partial charge on any atom is 0.524 e. The number of nitrogens with zero attached hydrogens (tertiary/aromatic N) is 4. The van der Waals surface area contributed by atoms with E-state index in [0.717, 1.165) is 0 Å². The molecule has 10 heteroatoms. The minimum absolute atomic E-state index is 0.106. The van der Waals surface area contributed by atoms with Gasteiger partial charge in [0, 0.05) is 12.8 Å². The maximum atomic E-state index is 12.2. The number of alkyl halides is 3. The normalized spacial score (nSPS) is 26.6. The highest BCUT2D eigenvalue weighted by Crippen LogP contribution is 2.39. The van der Waals surface area contributed by atoms with E-state index in [1.807, 2.05) is 0 Å². The van der Waals surface area contributed by atoms with Crippen molar-refractivity contribution in [2.45, 2.75) is 38.1 Å². The van der Waals surface area contributed by atoms with E-state index in [-0.39, 0.29) is 11.6 Å². The first kappa shape index (κ1) is 14.5. The zero-order chi connectivity index (χ0) is 15.3. The van der Waals surface area contributed by atoms with Crippen LogP contribution in [0, 0.1) is 0 Å². The third kappa shape index (κ3) is 2.68. The number of rotatable bonds is 2. The van der Waals surface area contributed by atoms with E-state index in [9.17, 15) is 13.2 Å². The van der Waals surface area contributed by atoms with Gasteiger partial charge in [-0.25, -0.2) is 15.0 Å². The molecule has 0 radical (unpaired) electrons. The Kier molecular flexibility index (Phi) is 3.30. The Balaban J connectivity index is 1.91. The number of aromatic nitrogens is 4. The van der Waals surface area contributed by atoms with Crippen LogP contribution in [0.4, 0.5) is 13.2 Å². The van der Waals surface area contributed by atoms with Crippen LogP contribution in [-0.4, -0.2) is 32.2 Å². The zero-order valence-corrected chi connectivity index (χ0v) is 11.5. The third-order valence-electron chi connectivity index (χ3n) is 3.29. The smallest absolute Gasteiger partial charge is 0.326 e. The van der Waals surface area contributed by atoms with Crippen molar-refractivity contribution in [3.05, 3.63) is 17.8 Å². The van der Waals surface area contributed by atoms with Crippen LogP contribution < -0.4 is 0 Å². The van der Waals surface area contributed by atoms with Crippen molar-refractivity contribution in [3.8, 4) is 0 Å². The van der Waals surface area contributed by atoms with Crippen LogP contribution in [-0.2, 0) is 15.2 Å². The Morgan fingerprint density at radius 1 is 1.43 bits per heavy atom. The molecule has 3 heterocycles. The van der Waals surface area contributed by atoms with Gasteiger partial charge in [-0.2, -0.15) is 0 Å². The highest BCUT2D eigenvalue weighted by atomic mass is 35.5. The molecule has 2 aromatic heterocycles. The van der Waals surface area contributed by atoms with Gasteiger partial charge in [0.15, 0.2) is 17.1 Å². The van der Waals surface area contributed by atoms with Gasteiger partial charge in [0.05, 0.1) is 6.33 Å². The molecular weight excluding hydrogens is 313 g/mol. The van der Waals surface area contributed by atoms with Crippen molar-refractivity contribution in [2.24, 2.45) is 0 Å². The standard InChI is InChI=1S/C11H10ClF3N4O2/c1-10(3-2-6(20-10)21-11(13,14)15)19-5-18-7-8(12)16-4-17-9(7)19/h4-6H,2-3H2,1H3. The lowest BCUT2D eigenvalue weighted by Gasteiger charge is -2.26. The molecule has 3 rings (SSSR count). The molecule has 2 aromatic rings. The second-order valence-corrected chi connectivity index (χ2v) is 5.13. The molecule has 1 aliphatic rings. The van der Waals surface area contributed by atoms with Gasteiger partial charge >= 0.3 is 6.36 Å². The lowest BCUT2D eigenvalue weighted by molar-refractivity contribution is -0.382. The maximum absolute atomic E-state index is 12.2. The van der Waals surface area contributed by atoms with E-state index >= 15 is 0 Å². The largest absolute Gasteiger partial charge is 0.524 e. The van der Waals surface area contributed by atoms with E-state index in [0.29, 0.717) is 17.6 Å². The quantitative estimate of drug-likeness (QED) is 0.796. The molecule has 1 fully saturated rings. The molecule has 0 aromatic carbocycles. The molecule has 0 aliphatic carbocycles. The van der Waals surface area contributed by atoms with E-state index in [1.54, 1.807) is 6.92 Å². The van der Waals surface area contributed by atoms with Crippen LogP contribution in [0.25, 0.3) is 11.2 Å². The monoisotopic (exact) mass is 322 g/mol. The van der Waals surface area contributed by atoms with Gasteiger partial charge in [0.1, 0.15) is 17.6 Å². The third-order valence-corrected chi connectivity index (χ3v) is 3.57. The predicted octanol–water partition coefficient (Wildman–Crippen LogP) is 2.83. The topological polar surface area (TPSA) is 62.1 Å². The fraction of sp³-hybridized carbons (Fsp3) is 0.545. The van der Waals surface area contributed by atoms with Gasteiger partial charge in [-0.3, -0.25) is 9.30 Å². The molecule has 6 nitrogen and oxygen atoms in total. The van der Waals surface area contributed by atoms with E-state index in [4.69, 9.17) is 16.3 Å². The van der Waals surface area contributed by atoms with E-state index in [2.05, 4.69) is 19.7 Å². The summed E-state index contributed by atoms with van der Waals surface area (Å²) < 4.78 is 47.6. The summed E-state index contributed by atoms with van der Waals surface area (Å²) >= 11 is 5.90. The van der Waals surface area contributed by atoms with Gasteiger partial charge in [-0.1, -0.05) is 11.6 Å². The van der Waals surface area contributed by atoms with Gasteiger partial charge in [0.25, 0.3) is 0 Å². The second kappa shape index (κ2) is 4.79. The molecule has 1 saturated heterocycles. The Morgan fingerprint density at radius 3 is 2.90 bits per heavy atom. The summed E-state index contributed by atoms with van der Waals surface area (Å²) in [6.45, 7) is 1.64. The van der Waals surface area contributed by atoms with Gasteiger partial charge in [-0.15, -0.1) is 13.2 Å². The summed E-state index contributed by atoms with van der Waals surface area (Å²) in [6.07, 6.45) is -3.00. The number of fused-ring (bicyclic) bond motifs is 1. The molecule has 0 N–H and O–H groups in total. The minimum Gasteiger partial charge on any atom is -0.326 e. The molecule has 0 bridgehead atoms. The first-order valence-electron chi connectivity index (χ1n) is 6.05. The van der Waals surface area contributed by atoms with Crippen molar-refractivity contribution < 1.29 is 22.6 Å². The molecule has 21 heavy (non-hydrogen) atoms. The summed E-state index contributed by atoms with van der Waals surface area (Å²) in [4.78, 5) is 11.9. The highest BCUT2D eigenvalue weighted by Gasteiger charge is 2.44. The van der Waals surface area contributed by atoms with E-state index in [1.165, 1.54) is 17.2 Å². The first-order valence-corrected chi connectivity index (χ1v) is 6.43. The summed E-state index contributed by atoms with van der Waals surface area (Å²) in [5.41, 5.74) is -0.281. The molecule has 0 saturated carbocycles. The Hall–Kier alpha value is -1.45. The number of hydrogen-bond donors (Lipinski definition) is 0. The summed E-state index contributed by atoms with van der Waals surface area (Å²) in [5.74, 6) is 0. The van der Waals surface area contributed by atoms with Crippen molar-refractivity contribution in [2.75, 3.05) is 0 Å². The number of ether oxygens (including phenoxy) is 2. The summed E-state index contributed by atoms with van der Waals surface area (Å²) in [7, 11) is 0. The lowest BCUT2D eigenvalue weighted by Crippen LogP contribution is -2.32. The molecule has 0 amide bonds. The van der Waals surface area contributed by atoms with Crippen LogP contribution in [0.3, 0.4) is 0 Å². The van der Waals surface area contributed by atoms with Crippen molar-refractivity contribution >= 4 is 22.8 Å². The van der Waals surface area contributed by atoms with Gasteiger partial charge in [-0.05, 0) is 6.92 Å². The fourth-order valence-corrected chi connectivity index (χ4v) is 2.53. The summed E-state index contributed by atoms with van der Waals surface area (Å²) in [6, 6.07) is 0. The predicted molar refractivity (Wildman–Crippen MR) is 65.2 cm³/mol. The Morgan fingerprint density at radius 2 is 2.19 bits per heavy atom. The SMILES string of the molecule is CC1(n2cnc3c(Cl)ncnc32)CCC(OC(F)(F)F)O1. The van der Waals surface area contributed by atoms with Crippen LogP contribution in [0.1, 0.15) is 19.8 Å². The van der Waals surface area contributed by atoms with Crippen LogP contribution in [0.15, 0.2) is 12.7 Å². The molecular formula is C11H10ClF3N4O2.